The average molecular weight is 857 g/mol. The fourth-order valence-corrected chi connectivity index (χ4v) is 9.49. The van der Waals surface area contributed by atoms with Crippen molar-refractivity contribution in [2.24, 2.45) is 4.99 Å². The Bertz CT molecular complexity index is 2300. The highest BCUT2D eigenvalue weighted by Crippen LogP contribution is 2.45. The lowest BCUT2D eigenvalue weighted by molar-refractivity contribution is -0.157. The normalized spacial score (nSPS) is 18.7. The number of carbonyl (C=O) groups is 4. The van der Waals surface area contributed by atoms with Crippen molar-refractivity contribution in [3.63, 3.8) is 0 Å². The quantitative estimate of drug-likeness (QED) is 0.121. The van der Waals surface area contributed by atoms with Gasteiger partial charge in [0.2, 0.25) is 5.91 Å². The van der Waals surface area contributed by atoms with Crippen LogP contribution in [0.25, 0.3) is 11.1 Å². The number of hydrogen-bond donors (Lipinski definition) is 3. The number of esters is 1. The van der Waals surface area contributed by atoms with Gasteiger partial charge in [-0.15, -0.1) is 0 Å². The molecule has 13 heteroatoms. The number of alkyl carbamates (subject to hydrolysis) is 1. The van der Waals surface area contributed by atoms with Gasteiger partial charge in [0, 0.05) is 43.3 Å². The highest BCUT2D eigenvalue weighted by Gasteiger charge is 2.53. The second kappa shape index (κ2) is 18.7. The number of fused-ring (bicyclic) bond motifs is 3. The molecule has 0 radical (unpaired) electrons. The summed E-state index contributed by atoms with van der Waals surface area (Å²) in [7, 11) is 0. The minimum atomic E-state index is -1.11. The molecule has 4 amide bonds. The van der Waals surface area contributed by atoms with Gasteiger partial charge in [-0.05, 0) is 111 Å². The number of nitrogens with one attached hydrogen (secondary N) is 3. The van der Waals surface area contributed by atoms with Gasteiger partial charge in [0.15, 0.2) is 0 Å². The van der Waals surface area contributed by atoms with E-state index in [0.29, 0.717) is 49.7 Å². The van der Waals surface area contributed by atoms with E-state index in [1.165, 1.54) is 18.6 Å². The molecule has 4 aromatic rings. The summed E-state index contributed by atoms with van der Waals surface area (Å²) in [5.41, 5.74) is 5.06. The van der Waals surface area contributed by atoms with E-state index in [-0.39, 0.29) is 43.3 Å². The largest absolute Gasteiger partial charge is 0.458 e. The number of carbonyl (C=O) groups excluding carboxylic acids is 4. The Balaban J connectivity index is 0.854. The third-order valence-corrected chi connectivity index (χ3v) is 12.6. The molecular weight excluding hydrogens is 800 g/mol. The third-order valence-electron chi connectivity index (χ3n) is 12.6. The molecule has 0 unspecified atom stereocenters. The van der Waals surface area contributed by atoms with Crippen molar-refractivity contribution in [1.82, 2.24) is 15.5 Å². The lowest BCUT2D eigenvalue weighted by atomic mass is 9.84. The van der Waals surface area contributed by atoms with Gasteiger partial charge >= 0.3 is 18.1 Å². The summed E-state index contributed by atoms with van der Waals surface area (Å²) in [5, 5.41) is 8.67. The molecule has 330 valence electrons. The van der Waals surface area contributed by atoms with Crippen molar-refractivity contribution < 1.29 is 33.0 Å². The first-order valence-electron chi connectivity index (χ1n) is 22.3. The van der Waals surface area contributed by atoms with E-state index >= 15 is 0 Å². The summed E-state index contributed by atoms with van der Waals surface area (Å²) in [6, 6.07) is 28.8. The topological polar surface area (TPSA) is 142 Å². The number of rotatable bonds is 12. The van der Waals surface area contributed by atoms with Crippen LogP contribution in [0.1, 0.15) is 101 Å². The Hall–Kier alpha value is -6.08. The molecule has 3 fully saturated rings. The maximum absolute atomic E-state index is 14.4. The standard InChI is InChI=1S/C50H57FN6O6/c1-49(2,3)63-45(59)43(54-48(61)62-32-42-40-18-9-7-16-38(40)39-17-8-10-19-41(39)42)24-25-44(58)52-36-22-20-33(21-23-36)31-56-28-26-50(27-29-56)46(53-35-13-5-4-6-14-35)55-47(60)57(50)37-15-11-12-34(51)30-37/h7-12,15-23,30,35,42-43H,4-6,13-14,24-29,31-32H2,1-3H3,(H,52,58)(H,54,61)(H,53,55,60)/t43-/m0/s1. The predicted octanol–water partition coefficient (Wildman–Crippen LogP) is 9.09. The molecule has 2 saturated heterocycles. The number of amidine groups is 1. The second-order valence-corrected chi connectivity index (χ2v) is 18.2. The smallest absolute Gasteiger partial charge is 0.407 e. The van der Waals surface area contributed by atoms with Crippen LogP contribution >= 0.6 is 0 Å². The fourth-order valence-electron chi connectivity index (χ4n) is 9.49. The van der Waals surface area contributed by atoms with Gasteiger partial charge in [-0.1, -0.05) is 86.0 Å². The molecule has 1 saturated carbocycles. The molecule has 1 atom stereocenters. The SMILES string of the molecule is CC(C)(C)OC(=O)[C@H](CCC(=O)Nc1ccc(CN2CCC3(CC2)C(=NC2CCCCC2)NC(=O)N3c2cccc(F)c2)cc1)NC(=O)OCC1c2ccccc2-c2ccccc21. The monoisotopic (exact) mass is 856 g/mol. The molecule has 2 aliphatic heterocycles. The first kappa shape index (κ1) is 43.6. The maximum atomic E-state index is 14.4. The summed E-state index contributed by atoms with van der Waals surface area (Å²) in [6.45, 7) is 7.38. The van der Waals surface area contributed by atoms with Crippen molar-refractivity contribution in [2.45, 2.75) is 114 Å². The van der Waals surface area contributed by atoms with E-state index in [2.05, 4.69) is 33.0 Å². The Morgan fingerprint density at radius 2 is 1.56 bits per heavy atom. The van der Waals surface area contributed by atoms with E-state index < -0.39 is 35.1 Å². The van der Waals surface area contributed by atoms with Crippen LogP contribution in [0.4, 0.5) is 25.4 Å². The fraction of sp³-hybridized carbons (Fsp3) is 0.420. The lowest BCUT2D eigenvalue weighted by Crippen LogP contribution is -2.57. The number of piperidine rings is 1. The lowest BCUT2D eigenvalue weighted by Gasteiger charge is -2.44. The van der Waals surface area contributed by atoms with Gasteiger partial charge < -0.3 is 20.1 Å². The van der Waals surface area contributed by atoms with Crippen molar-refractivity contribution in [3.8, 4) is 11.1 Å². The number of ether oxygens (including phenoxy) is 2. The van der Waals surface area contributed by atoms with Gasteiger partial charge in [0.05, 0.1) is 6.04 Å². The van der Waals surface area contributed by atoms with Crippen LogP contribution in [0.3, 0.4) is 0 Å². The number of amides is 4. The summed E-state index contributed by atoms with van der Waals surface area (Å²) in [5.74, 6) is -0.805. The minimum Gasteiger partial charge on any atom is -0.458 e. The van der Waals surface area contributed by atoms with E-state index in [4.69, 9.17) is 14.5 Å². The summed E-state index contributed by atoms with van der Waals surface area (Å²) in [4.78, 5) is 62.4. The van der Waals surface area contributed by atoms with E-state index in [1.807, 2.05) is 60.7 Å². The number of hydrogen-bond acceptors (Lipinski definition) is 8. The molecule has 1 spiro atoms. The average Bonchev–Trinajstić information content (AvgIpc) is 3.72. The van der Waals surface area contributed by atoms with Crippen molar-refractivity contribution in [3.05, 3.63) is 120 Å². The van der Waals surface area contributed by atoms with Crippen LogP contribution in [-0.4, -0.2) is 77.7 Å². The molecule has 0 aromatic heterocycles. The number of aliphatic imine (C=N–C) groups is 1. The minimum absolute atomic E-state index is 0.00428. The van der Waals surface area contributed by atoms with E-state index in [1.54, 1.807) is 37.8 Å². The van der Waals surface area contributed by atoms with Gasteiger partial charge in [-0.3, -0.25) is 24.9 Å². The van der Waals surface area contributed by atoms with Gasteiger partial charge in [-0.2, -0.15) is 0 Å². The van der Waals surface area contributed by atoms with Crippen molar-refractivity contribution in [1.29, 1.82) is 0 Å². The zero-order chi connectivity index (χ0) is 44.1. The molecule has 3 N–H and O–H groups in total. The number of benzene rings is 4. The van der Waals surface area contributed by atoms with Crippen LogP contribution in [-0.2, 0) is 25.6 Å². The van der Waals surface area contributed by atoms with Gasteiger partial charge in [-0.25, -0.2) is 18.8 Å². The first-order valence-corrected chi connectivity index (χ1v) is 22.3. The molecule has 12 nitrogen and oxygen atoms in total. The zero-order valence-corrected chi connectivity index (χ0v) is 36.3. The van der Waals surface area contributed by atoms with Crippen molar-refractivity contribution in [2.75, 3.05) is 29.9 Å². The van der Waals surface area contributed by atoms with E-state index in [0.717, 1.165) is 53.5 Å². The predicted molar refractivity (Wildman–Crippen MR) is 241 cm³/mol. The second-order valence-electron chi connectivity index (χ2n) is 18.2. The van der Waals surface area contributed by atoms with Gasteiger partial charge in [0.25, 0.3) is 0 Å². The van der Waals surface area contributed by atoms with Crippen LogP contribution in [0.2, 0.25) is 0 Å². The van der Waals surface area contributed by atoms with Crippen LogP contribution < -0.4 is 20.9 Å². The molecule has 4 aliphatic rings. The molecule has 63 heavy (non-hydrogen) atoms. The van der Waals surface area contributed by atoms with Gasteiger partial charge in [0.1, 0.15) is 35.4 Å². The maximum Gasteiger partial charge on any atom is 0.407 e. The number of urea groups is 1. The first-order chi connectivity index (χ1) is 30.3. The highest BCUT2D eigenvalue weighted by atomic mass is 19.1. The Labute approximate surface area is 368 Å². The Morgan fingerprint density at radius 3 is 2.21 bits per heavy atom. The van der Waals surface area contributed by atoms with E-state index in [9.17, 15) is 23.6 Å². The van der Waals surface area contributed by atoms with Crippen LogP contribution in [0, 0.1) is 5.82 Å². The molecule has 2 aliphatic carbocycles. The molecule has 0 bridgehead atoms. The molecular formula is C50H57FN6O6. The van der Waals surface area contributed by atoms with Crippen LogP contribution in [0.15, 0.2) is 102 Å². The Kier molecular flexibility index (Phi) is 12.9. The molecule has 8 rings (SSSR count). The molecule has 2 heterocycles. The summed E-state index contributed by atoms with van der Waals surface area (Å²) >= 11 is 0. The number of anilines is 2. The highest BCUT2D eigenvalue weighted by molar-refractivity contribution is 6.19. The number of likely N-dealkylation sites (tertiary alicyclic amines) is 1. The Morgan fingerprint density at radius 1 is 0.889 bits per heavy atom. The zero-order valence-electron chi connectivity index (χ0n) is 36.3. The number of nitrogens with zero attached hydrogens (tertiary/aromatic N) is 3. The molecule has 4 aromatic carbocycles. The summed E-state index contributed by atoms with van der Waals surface area (Å²) in [6.07, 6.45) is 5.94. The summed E-state index contributed by atoms with van der Waals surface area (Å²) < 4.78 is 25.8. The number of halogens is 1. The third kappa shape index (κ3) is 10.1. The van der Waals surface area contributed by atoms with Crippen molar-refractivity contribution >= 4 is 41.2 Å². The van der Waals surface area contributed by atoms with Crippen LogP contribution in [0.5, 0.6) is 0 Å².